The number of aryl methyl sites for hydroxylation is 1. The molecule has 0 unspecified atom stereocenters. The molecule has 1 amide bonds. The number of hydrogen-bond acceptors (Lipinski definition) is 4. The first-order chi connectivity index (χ1) is 12.0. The third kappa shape index (κ3) is 5.07. The van der Waals surface area contributed by atoms with Gasteiger partial charge in [0.25, 0.3) is 5.91 Å². The molecule has 0 aliphatic rings. The molecule has 25 heavy (non-hydrogen) atoms. The van der Waals surface area contributed by atoms with Crippen molar-refractivity contribution in [1.82, 2.24) is 5.32 Å². The molecule has 0 aliphatic heterocycles. The molecular formula is C18H19F2NO4. The van der Waals surface area contributed by atoms with Crippen molar-refractivity contribution < 1.29 is 27.8 Å². The predicted molar refractivity (Wildman–Crippen MR) is 88.6 cm³/mol. The zero-order chi connectivity index (χ0) is 18.2. The van der Waals surface area contributed by atoms with Crippen molar-refractivity contribution >= 4 is 5.91 Å². The molecule has 1 N–H and O–H groups in total. The molecule has 0 spiro atoms. The zero-order valence-electron chi connectivity index (χ0n) is 13.9. The minimum Gasteiger partial charge on any atom is -0.493 e. The third-order valence-corrected chi connectivity index (χ3v) is 3.39. The summed E-state index contributed by atoms with van der Waals surface area (Å²) in [5.41, 5.74) is 0.949. The molecule has 0 bridgehead atoms. The topological polar surface area (TPSA) is 56.8 Å². The second-order valence-corrected chi connectivity index (χ2v) is 5.09. The fourth-order valence-electron chi connectivity index (χ4n) is 2.21. The average molecular weight is 351 g/mol. The van der Waals surface area contributed by atoms with Crippen LogP contribution in [0.5, 0.6) is 17.2 Å². The summed E-state index contributed by atoms with van der Waals surface area (Å²) in [6, 6.07) is 11.8. The van der Waals surface area contributed by atoms with Crippen LogP contribution < -0.4 is 19.5 Å². The molecule has 5 nitrogen and oxygen atoms in total. The van der Waals surface area contributed by atoms with Crippen molar-refractivity contribution in [3.05, 3.63) is 53.6 Å². The molecule has 2 aromatic carbocycles. The number of nitrogens with one attached hydrogen (secondary N) is 1. The van der Waals surface area contributed by atoms with E-state index in [9.17, 15) is 13.6 Å². The summed E-state index contributed by atoms with van der Waals surface area (Å²) in [6.07, 6.45) is 0. The third-order valence-electron chi connectivity index (χ3n) is 3.39. The van der Waals surface area contributed by atoms with E-state index in [0.717, 1.165) is 11.3 Å². The van der Waals surface area contributed by atoms with Gasteiger partial charge in [0.05, 0.1) is 19.2 Å². The van der Waals surface area contributed by atoms with E-state index in [2.05, 4.69) is 10.1 Å². The summed E-state index contributed by atoms with van der Waals surface area (Å²) in [5, 5.41) is 2.61. The molecule has 0 radical (unpaired) electrons. The Kier molecular flexibility index (Phi) is 6.56. The second-order valence-electron chi connectivity index (χ2n) is 5.09. The van der Waals surface area contributed by atoms with Gasteiger partial charge < -0.3 is 19.5 Å². The Labute approximate surface area is 144 Å². The van der Waals surface area contributed by atoms with Crippen molar-refractivity contribution in [2.24, 2.45) is 0 Å². The number of carbonyl (C=O) groups is 1. The molecule has 7 heteroatoms. The van der Waals surface area contributed by atoms with E-state index in [1.807, 2.05) is 31.2 Å². The van der Waals surface area contributed by atoms with E-state index in [1.165, 1.54) is 25.3 Å². The van der Waals surface area contributed by atoms with Gasteiger partial charge in [-0.3, -0.25) is 4.79 Å². The van der Waals surface area contributed by atoms with Gasteiger partial charge in [-0.15, -0.1) is 0 Å². The highest BCUT2D eigenvalue weighted by Gasteiger charge is 2.20. The monoisotopic (exact) mass is 351 g/mol. The van der Waals surface area contributed by atoms with Crippen molar-refractivity contribution in [3.8, 4) is 17.2 Å². The van der Waals surface area contributed by atoms with Gasteiger partial charge in [-0.1, -0.05) is 24.3 Å². The lowest BCUT2D eigenvalue weighted by Crippen LogP contribution is -2.28. The number of benzene rings is 2. The van der Waals surface area contributed by atoms with Crippen LogP contribution in [0.4, 0.5) is 8.78 Å². The van der Waals surface area contributed by atoms with E-state index in [4.69, 9.17) is 9.47 Å². The van der Waals surface area contributed by atoms with Crippen molar-refractivity contribution in [1.29, 1.82) is 0 Å². The zero-order valence-corrected chi connectivity index (χ0v) is 13.9. The van der Waals surface area contributed by atoms with E-state index in [0.29, 0.717) is 0 Å². The number of alkyl halides is 2. The average Bonchev–Trinajstić information content (AvgIpc) is 2.59. The number of rotatable bonds is 8. The van der Waals surface area contributed by atoms with E-state index in [1.54, 1.807) is 0 Å². The lowest BCUT2D eigenvalue weighted by molar-refractivity contribution is -0.0515. The predicted octanol–water partition coefficient (Wildman–Crippen LogP) is 3.41. The second kappa shape index (κ2) is 8.86. The Bertz CT molecular complexity index is 722. The highest BCUT2D eigenvalue weighted by molar-refractivity contribution is 5.97. The number of halogens is 2. The summed E-state index contributed by atoms with van der Waals surface area (Å²) < 4.78 is 40.1. The molecule has 0 aromatic heterocycles. The van der Waals surface area contributed by atoms with Gasteiger partial charge in [0.2, 0.25) is 0 Å². The lowest BCUT2D eigenvalue weighted by atomic mass is 10.1. The van der Waals surface area contributed by atoms with Crippen LogP contribution in [0.15, 0.2) is 42.5 Å². The molecule has 0 heterocycles. The molecule has 0 saturated heterocycles. The first kappa shape index (κ1) is 18.5. The maximum Gasteiger partial charge on any atom is 0.387 e. The van der Waals surface area contributed by atoms with Crippen LogP contribution in [0, 0.1) is 6.92 Å². The summed E-state index contributed by atoms with van der Waals surface area (Å²) in [5.74, 6) is -0.0655. The standard InChI is InChI=1S/C18H19F2NO4/c1-12-6-3-4-8-14(12)24-11-10-21-17(22)13-7-5-9-15(23-2)16(13)25-18(19)20/h3-9,18H,10-11H2,1-2H3,(H,21,22). The summed E-state index contributed by atoms with van der Waals surface area (Å²) in [4.78, 5) is 12.2. The lowest BCUT2D eigenvalue weighted by Gasteiger charge is -2.14. The van der Waals surface area contributed by atoms with Gasteiger partial charge >= 0.3 is 6.61 Å². The number of hydrogen-bond donors (Lipinski definition) is 1. The number of methoxy groups -OCH3 is 1. The van der Waals surface area contributed by atoms with Gasteiger partial charge in [0.15, 0.2) is 11.5 Å². The summed E-state index contributed by atoms with van der Waals surface area (Å²) in [7, 11) is 1.31. The normalized spacial score (nSPS) is 10.4. The van der Waals surface area contributed by atoms with Crippen LogP contribution in [0.3, 0.4) is 0 Å². The smallest absolute Gasteiger partial charge is 0.387 e. The van der Waals surface area contributed by atoms with Crippen LogP contribution >= 0.6 is 0 Å². The SMILES string of the molecule is COc1cccc(C(=O)NCCOc2ccccc2C)c1OC(F)F. The van der Waals surface area contributed by atoms with Gasteiger partial charge in [-0.2, -0.15) is 8.78 Å². The minimum atomic E-state index is -3.06. The molecule has 0 atom stereocenters. The highest BCUT2D eigenvalue weighted by Crippen LogP contribution is 2.32. The Morgan fingerprint density at radius 2 is 1.84 bits per heavy atom. The molecule has 0 fully saturated rings. The van der Waals surface area contributed by atoms with Crippen molar-refractivity contribution in [2.45, 2.75) is 13.5 Å². The van der Waals surface area contributed by atoms with Crippen molar-refractivity contribution in [3.63, 3.8) is 0 Å². The fraction of sp³-hybridized carbons (Fsp3) is 0.278. The van der Waals surface area contributed by atoms with E-state index < -0.39 is 12.5 Å². The van der Waals surface area contributed by atoms with Gasteiger partial charge in [0, 0.05) is 0 Å². The van der Waals surface area contributed by atoms with Gasteiger partial charge in [-0.05, 0) is 30.7 Å². The van der Waals surface area contributed by atoms with Crippen LogP contribution in [0.1, 0.15) is 15.9 Å². The van der Waals surface area contributed by atoms with Crippen LogP contribution in [0.2, 0.25) is 0 Å². The maximum atomic E-state index is 12.6. The Morgan fingerprint density at radius 1 is 1.12 bits per heavy atom. The molecule has 0 saturated carbocycles. The molecule has 2 aromatic rings. The van der Waals surface area contributed by atoms with Gasteiger partial charge in [-0.25, -0.2) is 0 Å². The minimum absolute atomic E-state index is 0.0319. The Hall–Kier alpha value is -2.83. The Balaban J connectivity index is 1.97. The first-order valence-corrected chi connectivity index (χ1v) is 7.61. The van der Waals surface area contributed by atoms with Crippen LogP contribution in [0.25, 0.3) is 0 Å². The molecule has 2 rings (SSSR count). The van der Waals surface area contributed by atoms with Crippen molar-refractivity contribution in [2.75, 3.05) is 20.3 Å². The number of ether oxygens (including phenoxy) is 3. The van der Waals surface area contributed by atoms with Crippen LogP contribution in [-0.4, -0.2) is 32.8 Å². The number of carbonyl (C=O) groups excluding carboxylic acids is 1. The first-order valence-electron chi connectivity index (χ1n) is 7.61. The molecule has 0 aliphatic carbocycles. The van der Waals surface area contributed by atoms with Crippen LogP contribution in [-0.2, 0) is 0 Å². The van der Waals surface area contributed by atoms with E-state index in [-0.39, 0.29) is 30.2 Å². The Morgan fingerprint density at radius 3 is 2.52 bits per heavy atom. The van der Waals surface area contributed by atoms with Gasteiger partial charge in [0.1, 0.15) is 12.4 Å². The van der Waals surface area contributed by atoms with E-state index >= 15 is 0 Å². The largest absolute Gasteiger partial charge is 0.493 e. The fourth-order valence-corrected chi connectivity index (χ4v) is 2.21. The maximum absolute atomic E-state index is 12.6. The summed E-state index contributed by atoms with van der Waals surface area (Å²) in [6.45, 7) is -0.699. The highest BCUT2D eigenvalue weighted by atomic mass is 19.3. The number of amides is 1. The number of para-hydroxylation sites is 2. The molecular weight excluding hydrogens is 332 g/mol. The quantitative estimate of drug-likeness (QED) is 0.741. The summed E-state index contributed by atoms with van der Waals surface area (Å²) >= 11 is 0. The molecule has 134 valence electrons.